The van der Waals surface area contributed by atoms with Gasteiger partial charge < -0.3 is 10.1 Å². The zero-order valence-electron chi connectivity index (χ0n) is 15.5. The van der Waals surface area contributed by atoms with Crippen LogP contribution in [-0.4, -0.2) is 29.5 Å². The van der Waals surface area contributed by atoms with E-state index in [0.717, 1.165) is 5.56 Å². The van der Waals surface area contributed by atoms with E-state index in [0.29, 0.717) is 5.56 Å². The third-order valence-corrected chi connectivity index (χ3v) is 3.68. The van der Waals surface area contributed by atoms with E-state index in [1.807, 2.05) is 51.1 Å². The number of hydrogen-bond donors (Lipinski definition) is 2. The van der Waals surface area contributed by atoms with Gasteiger partial charge in [0.25, 0.3) is 0 Å². The second kappa shape index (κ2) is 8.58. The predicted octanol–water partition coefficient (Wildman–Crippen LogP) is 2.54. The lowest BCUT2D eigenvalue weighted by Crippen LogP contribution is -2.48. The minimum atomic E-state index is -0.780. The van der Waals surface area contributed by atoms with Crippen LogP contribution in [0.1, 0.15) is 44.0 Å². The van der Waals surface area contributed by atoms with Gasteiger partial charge in [0.15, 0.2) is 0 Å². The molecule has 0 fully saturated rings. The van der Waals surface area contributed by atoms with Crippen molar-refractivity contribution in [2.75, 3.05) is 7.11 Å². The first-order chi connectivity index (χ1) is 12.3. The summed E-state index contributed by atoms with van der Waals surface area (Å²) < 4.78 is 4.94. The molecule has 6 heteroatoms. The lowest BCUT2D eigenvalue weighted by molar-refractivity contribution is -0.143. The topological polar surface area (TPSA) is 80.3 Å². The molecule has 1 aromatic heterocycles. The molecular weight excluding hydrogens is 330 g/mol. The number of benzene rings is 1. The number of hydrogen-bond acceptors (Lipinski definition) is 5. The zero-order valence-corrected chi connectivity index (χ0v) is 15.5. The van der Waals surface area contributed by atoms with Gasteiger partial charge in [-0.25, -0.2) is 4.79 Å². The summed E-state index contributed by atoms with van der Waals surface area (Å²) in [6.07, 6.45) is 3.25. The van der Waals surface area contributed by atoms with E-state index < -0.39 is 23.6 Å². The van der Waals surface area contributed by atoms with Gasteiger partial charge in [-0.15, -0.1) is 0 Å². The summed E-state index contributed by atoms with van der Waals surface area (Å²) in [6, 6.07) is 11.2. The molecule has 6 nitrogen and oxygen atoms in total. The highest BCUT2D eigenvalue weighted by atomic mass is 16.5. The Hall–Kier alpha value is -2.73. The van der Waals surface area contributed by atoms with E-state index in [1.54, 1.807) is 24.5 Å². The summed E-state index contributed by atoms with van der Waals surface area (Å²) in [5, 5.41) is 6.08. The molecule has 1 unspecified atom stereocenters. The first-order valence-electron chi connectivity index (χ1n) is 8.42. The van der Waals surface area contributed by atoms with Crippen molar-refractivity contribution < 1.29 is 14.3 Å². The molecule has 0 radical (unpaired) electrons. The van der Waals surface area contributed by atoms with E-state index in [9.17, 15) is 9.59 Å². The SMILES string of the molecule is COC(=O)[C@@H](NC(C(=O)NC(C)(C)C)c1cccnc1)c1ccccc1. The first kappa shape index (κ1) is 19.6. The third-order valence-electron chi connectivity index (χ3n) is 3.68. The van der Waals surface area contributed by atoms with Crippen molar-refractivity contribution in [2.45, 2.75) is 38.4 Å². The van der Waals surface area contributed by atoms with Gasteiger partial charge in [0.05, 0.1) is 7.11 Å². The van der Waals surface area contributed by atoms with Gasteiger partial charge in [0.1, 0.15) is 12.1 Å². The van der Waals surface area contributed by atoms with E-state index >= 15 is 0 Å². The van der Waals surface area contributed by atoms with E-state index in [2.05, 4.69) is 15.6 Å². The molecule has 0 spiro atoms. The Labute approximate surface area is 154 Å². The summed E-state index contributed by atoms with van der Waals surface area (Å²) in [5.41, 5.74) is 0.975. The smallest absolute Gasteiger partial charge is 0.327 e. The van der Waals surface area contributed by atoms with E-state index in [1.165, 1.54) is 7.11 Å². The highest BCUT2D eigenvalue weighted by Crippen LogP contribution is 2.22. The molecule has 0 aliphatic heterocycles. The van der Waals surface area contributed by atoms with Gasteiger partial charge in [0, 0.05) is 17.9 Å². The number of methoxy groups -OCH3 is 1. The van der Waals surface area contributed by atoms with Crippen LogP contribution in [0, 0.1) is 0 Å². The minimum Gasteiger partial charge on any atom is -0.468 e. The number of esters is 1. The van der Waals surface area contributed by atoms with Crippen LogP contribution in [0.2, 0.25) is 0 Å². The van der Waals surface area contributed by atoms with Crippen LogP contribution in [0.5, 0.6) is 0 Å². The van der Waals surface area contributed by atoms with Crippen LogP contribution in [0.15, 0.2) is 54.9 Å². The average Bonchev–Trinajstić information content (AvgIpc) is 2.62. The summed E-state index contributed by atoms with van der Waals surface area (Å²) in [6.45, 7) is 5.71. The summed E-state index contributed by atoms with van der Waals surface area (Å²) in [4.78, 5) is 29.3. The fourth-order valence-corrected chi connectivity index (χ4v) is 2.54. The monoisotopic (exact) mass is 355 g/mol. The Morgan fingerprint density at radius 2 is 1.65 bits per heavy atom. The molecule has 2 rings (SSSR count). The largest absolute Gasteiger partial charge is 0.468 e. The number of nitrogens with zero attached hydrogens (tertiary/aromatic N) is 1. The van der Waals surface area contributed by atoms with Gasteiger partial charge in [-0.05, 0) is 38.0 Å². The van der Waals surface area contributed by atoms with E-state index in [-0.39, 0.29) is 5.91 Å². The molecule has 2 N–H and O–H groups in total. The Balaban J connectivity index is 2.37. The Kier molecular flexibility index (Phi) is 6.46. The maximum Gasteiger partial charge on any atom is 0.327 e. The average molecular weight is 355 g/mol. The molecule has 138 valence electrons. The fraction of sp³-hybridized carbons (Fsp3) is 0.350. The predicted molar refractivity (Wildman–Crippen MR) is 99.2 cm³/mol. The van der Waals surface area contributed by atoms with Gasteiger partial charge in [0.2, 0.25) is 5.91 Å². The molecule has 2 aromatic rings. The molecule has 1 heterocycles. The number of carbonyl (C=O) groups is 2. The molecule has 0 saturated heterocycles. The maximum atomic E-state index is 12.9. The molecule has 0 bridgehead atoms. The van der Waals surface area contributed by atoms with Gasteiger partial charge in [-0.1, -0.05) is 36.4 Å². The lowest BCUT2D eigenvalue weighted by Gasteiger charge is -2.28. The van der Waals surface area contributed by atoms with Crippen LogP contribution in [0.25, 0.3) is 0 Å². The molecule has 0 aliphatic rings. The highest BCUT2D eigenvalue weighted by Gasteiger charge is 2.31. The number of aromatic nitrogens is 1. The fourth-order valence-electron chi connectivity index (χ4n) is 2.54. The molecule has 2 atom stereocenters. The van der Waals surface area contributed by atoms with Crippen molar-refractivity contribution in [2.24, 2.45) is 0 Å². The van der Waals surface area contributed by atoms with Crippen molar-refractivity contribution in [3.63, 3.8) is 0 Å². The number of nitrogens with one attached hydrogen (secondary N) is 2. The van der Waals surface area contributed by atoms with Crippen LogP contribution in [-0.2, 0) is 14.3 Å². The van der Waals surface area contributed by atoms with Crippen molar-refractivity contribution in [1.29, 1.82) is 0 Å². The minimum absolute atomic E-state index is 0.240. The molecule has 26 heavy (non-hydrogen) atoms. The molecule has 0 saturated carbocycles. The van der Waals surface area contributed by atoms with Crippen LogP contribution in [0.4, 0.5) is 0 Å². The third kappa shape index (κ3) is 5.39. The second-order valence-corrected chi connectivity index (χ2v) is 6.99. The highest BCUT2D eigenvalue weighted by molar-refractivity contribution is 5.85. The molecule has 1 aromatic carbocycles. The molecular formula is C20H25N3O3. The van der Waals surface area contributed by atoms with Gasteiger partial charge >= 0.3 is 5.97 Å². The summed E-state index contributed by atoms with van der Waals surface area (Å²) in [7, 11) is 1.33. The molecule has 1 amide bonds. The zero-order chi connectivity index (χ0) is 19.2. The van der Waals surface area contributed by atoms with Crippen molar-refractivity contribution >= 4 is 11.9 Å². The first-order valence-corrected chi connectivity index (χ1v) is 8.42. The van der Waals surface area contributed by atoms with Crippen LogP contribution in [0.3, 0.4) is 0 Å². The Bertz CT molecular complexity index is 727. The van der Waals surface area contributed by atoms with Crippen LogP contribution < -0.4 is 10.6 Å². The number of ether oxygens (including phenoxy) is 1. The normalized spacial score (nSPS) is 13.5. The van der Waals surface area contributed by atoms with Gasteiger partial charge in [-0.2, -0.15) is 0 Å². The maximum absolute atomic E-state index is 12.9. The van der Waals surface area contributed by atoms with Gasteiger partial charge in [-0.3, -0.25) is 15.1 Å². The van der Waals surface area contributed by atoms with Crippen molar-refractivity contribution in [3.8, 4) is 0 Å². The lowest BCUT2D eigenvalue weighted by atomic mass is 10.0. The number of pyridine rings is 1. The number of amides is 1. The number of rotatable bonds is 6. The standard InChI is InChI=1S/C20H25N3O3/c1-20(2,3)23-18(24)16(15-11-8-12-21-13-15)22-17(19(25)26-4)14-9-6-5-7-10-14/h5-13,16-17,22H,1-4H3,(H,23,24)/t16?,17-/m0/s1. The molecule has 0 aliphatic carbocycles. The Morgan fingerprint density at radius 1 is 1.00 bits per heavy atom. The van der Waals surface area contributed by atoms with Crippen LogP contribution >= 0.6 is 0 Å². The second-order valence-electron chi connectivity index (χ2n) is 6.99. The van der Waals surface area contributed by atoms with Crippen molar-refractivity contribution in [3.05, 3.63) is 66.0 Å². The van der Waals surface area contributed by atoms with E-state index in [4.69, 9.17) is 4.74 Å². The number of carbonyl (C=O) groups excluding carboxylic acids is 2. The summed E-state index contributed by atoms with van der Waals surface area (Å²) in [5.74, 6) is -0.705. The quantitative estimate of drug-likeness (QED) is 0.779. The Morgan fingerprint density at radius 3 is 2.19 bits per heavy atom. The van der Waals surface area contributed by atoms with Crippen molar-refractivity contribution in [1.82, 2.24) is 15.6 Å². The summed E-state index contributed by atoms with van der Waals surface area (Å²) >= 11 is 0.